The smallest absolute Gasteiger partial charge is 0.123 e. The Kier molecular flexibility index (Phi) is 3.88. The van der Waals surface area contributed by atoms with Crippen LogP contribution < -0.4 is 5.32 Å². The number of hydrogen-bond acceptors (Lipinski definition) is 2. The Morgan fingerprint density at radius 3 is 2.71 bits per heavy atom. The van der Waals surface area contributed by atoms with E-state index >= 15 is 0 Å². The average Bonchev–Trinajstić information content (AvgIpc) is 2.77. The van der Waals surface area contributed by atoms with Crippen LogP contribution >= 0.6 is 0 Å². The summed E-state index contributed by atoms with van der Waals surface area (Å²) in [5.74, 6) is -0.206. The molecule has 2 rings (SSSR count). The minimum Gasteiger partial charge on any atom is -0.313 e. The van der Waals surface area contributed by atoms with Crippen molar-refractivity contribution in [3.63, 3.8) is 0 Å². The normalized spacial score (nSPS) is 10.7. The third-order valence-electron chi connectivity index (χ3n) is 2.52. The molecule has 1 aromatic carbocycles. The van der Waals surface area contributed by atoms with Crippen molar-refractivity contribution in [1.82, 2.24) is 15.1 Å². The topological polar surface area (TPSA) is 29.9 Å². The van der Waals surface area contributed by atoms with Gasteiger partial charge in [-0.1, -0.05) is 19.1 Å². The molecule has 0 atom stereocenters. The van der Waals surface area contributed by atoms with Gasteiger partial charge < -0.3 is 5.32 Å². The monoisotopic (exact) mass is 233 g/mol. The van der Waals surface area contributed by atoms with E-state index in [4.69, 9.17) is 0 Å². The van der Waals surface area contributed by atoms with E-state index in [2.05, 4.69) is 17.3 Å². The Labute approximate surface area is 100 Å². The highest BCUT2D eigenvalue weighted by molar-refractivity contribution is 5.16. The summed E-state index contributed by atoms with van der Waals surface area (Å²) in [7, 11) is 0. The predicted octanol–water partition coefficient (Wildman–Crippen LogP) is 2.18. The van der Waals surface area contributed by atoms with E-state index in [1.807, 2.05) is 17.1 Å². The number of nitrogens with zero attached hydrogens (tertiary/aromatic N) is 2. The van der Waals surface area contributed by atoms with Crippen molar-refractivity contribution in [3.8, 4) is 0 Å². The molecule has 0 amide bonds. The highest BCUT2D eigenvalue weighted by Gasteiger charge is 1.99. The van der Waals surface area contributed by atoms with Crippen molar-refractivity contribution in [1.29, 1.82) is 0 Å². The van der Waals surface area contributed by atoms with Crippen LogP contribution in [0, 0.1) is 5.82 Å². The maximum Gasteiger partial charge on any atom is 0.123 e. The van der Waals surface area contributed by atoms with Gasteiger partial charge in [0.1, 0.15) is 5.82 Å². The fourth-order valence-electron chi connectivity index (χ4n) is 1.63. The molecular formula is C13H16FN3. The lowest BCUT2D eigenvalue weighted by molar-refractivity contribution is 0.624. The summed E-state index contributed by atoms with van der Waals surface area (Å²) in [6.07, 6.45) is 3.86. The van der Waals surface area contributed by atoms with E-state index in [1.54, 1.807) is 12.1 Å². The maximum atomic E-state index is 12.7. The molecule has 3 nitrogen and oxygen atoms in total. The largest absolute Gasteiger partial charge is 0.313 e. The number of halogens is 1. The first kappa shape index (κ1) is 11.8. The van der Waals surface area contributed by atoms with Crippen molar-refractivity contribution >= 4 is 0 Å². The number of hydrogen-bond donors (Lipinski definition) is 1. The summed E-state index contributed by atoms with van der Waals surface area (Å²) < 4.78 is 14.6. The lowest BCUT2D eigenvalue weighted by atomic mass is 10.2. The van der Waals surface area contributed by atoms with Crippen LogP contribution in [0.2, 0.25) is 0 Å². The van der Waals surface area contributed by atoms with Gasteiger partial charge in [0.25, 0.3) is 0 Å². The second-order valence-electron chi connectivity index (χ2n) is 3.95. The van der Waals surface area contributed by atoms with Gasteiger partial charge in [0.15, 0.2) is 0 Å². The lowest BCUT2D eigenvalue weighted by Crippen LogP contribution is -2.11. The van der Waals surface area contributed by atoms with Crippen LogP contribution in [-0.4, -0.2) is 16.3 Å². The van der Waals surface area contributed by atoms with Gasteiger partial charge in [-0.3, -0.25) is 4.68 Å². The van der Waals surface area contributed by atoms with Gasteiger partial charge in [0, 0.05) is 18.3 Å². The van der Waals surface area contributed by atoms with Gasteiger partial charge in [0.2, 0.25) is 0 Å². The minimum absolute atomic E-state index is 0.206. The van der Waals surface area contributed by atoms with Crippen LogP contribution in [0.4, 0.5) is 4.39 Å². The summed E-state index contributed by atoms with van der Waals surface area (Å²) in [6.45, 7) is 4.53. The molecule has 0 aliphatic heterocycles. The van der Waals surface area contributed by atoms with Crippen LogP contribution in [0.1, 0.15) is 18.1 Å². The first-order chi connectivity index (χ1) is 8.28. The summed E-state index contributed by atoms with van der Waals surface area (Å²) in [5, 5.41) is 7.52. The molecule has 0 spiro atoms. The second-order valence-corrected chi connectivity index (χ2v) is 3.95. The first-order valence-corrected chi connectivity index (χ1v) is 5.74. The average molecular weight is 233 g/mol. The van der Waals surface area contributed by atoms with Crippen molar-refractivity contribution in [2.45, 2.75) is 20.0 Å². The number of rotatable bonds is 5. The third-order valence-corrected chi connectivity index (χ3v) is 2.52. The van der Waals surface area contributed by atoms with Crippen LogP contribution in [0.5, 0.6) is 0 Å². The molecule has 0 unspecified atom stereocenters. The molecule has 0 saturated carbocycles. The Morgan fingerprint density at radius 2 is 2.00 bits per heavy atom. The fourth-order valence-corrected chi connectivity index (χ4v) is 1.63. The fraction of sp³-hybridized carbons (Fsp3) is 0.308. The highest BCUT2D eigenvalue weighted by Crippen LogP contribution is 2.06. The van der Waals surface area contributed by atoms with E-state index < -0.39 is 0 Å². The van der Waals surface area contributed by atoms with Gasteiger partial charge in [0.05, 0.1) is 12.7 Å². The maximum absolute atomic E-state index is 12.7. The first-order valence-electron chi connectivity index (χ1n) is 5.74. The van der Waals surface area contributed by atoms with Gasteiger partial charge in [-0.25, -0.2) is 4.39 Å². The molecule has 0 saturated heterocycles. The number of aromatic nitrogens is 2. The molecule has 0 fully saturated rings. The van der Waals surface area contributed by atoms with Crippen LogP contribution in [0.3, 0.4) is 0 Å². The van der Waals surface area contributed by atoms with Gasteiger partial charge in [-0.05, 0) is 24.2 Å². The van der Waals surface area contributed by atoms with E-state index in [1.165, 1.54) is 12.1 Å². The van der Waals surface area contributed by atoms with Gasteiger partial charge in [-0.15, -0.1) is 0 Å². The molecule has 0 aliphatic rings. The molecule has 1 N–H and O–H groups in total. The molecule has 17 heavy (non-hydrogen) atoms. The summed E-state index contributed by atoms with van der Waals surface area (Å²) >= 11 is 0. The predicted molar refractivity (Wildman–Crippen MR) is 65.1 cm³/mol. The van der Waals surface area contributed by atoms with E-state index in [-0.39, 0.29) is 5.82 Å². The van der Waals surface area contributed by atoms with Crippen molar-refractivity contribution in [2.24, 2.45) is 0 Å². The standard InChI is InChI=1S/C13H16FN3/c1-2-15-7-12-8-16-17(10-12)9-11-3-5-13(14)6-4-11/h3-6,8,10,15H,2,7,9H2,1H3. The van der Waals surface area contributed by atoms with E-state index in [9.17, 15) is 4.39 Å². The molecule has 1 heterocycles. The SMILES string of the molecule is CCNCc1cnn(Cc2ccc(F)cc2)c1. The number of benzene rings is 1. The van der Waals surface area contributed by atoms with Gasteiger partial charge in [-0.2, -0.15) is 5.10 Å². The molecule has 0 radical (unpaired) electrons. The third kappa shape index (κ3) is 3.39. The van der Waals surface area contributed by atoms with E-state index in [0.29, 0.717) is 6.54 Å². The van der Waals surface area contributed by atoms with Gasteiger partial charge >= 0.3 is 0 Å². The Balaban J connectivity index is 1.98. The Hall–Kier alpha value is -1.68. The number of nitrogens with one attached hydrogen (secondary N) is 1. The zero-order valence-corrected chi connectivity index (χ0v) is 9.86. The molecule has 1 aromatic heterocycles. The van der Waals surface area contributed by atoms with Crippen LogP contribution in [0.15, 0.2) is 36.7 Å². The van der Waals surface area contributed by atoms with Crippen molar-refractivity contribution < 1.29 is 4.39 Å². The highest BCUT2D eigenvalue weighted by atomic mass is 19.1. The van der Waals surface area contributed by atoms with Crippen LogP contribution in [0.25, 0.3) is 0 Å². The zero-order valence-electron chi connectivity index (χ0n) is 9.86. The zero-order chi connectivity index (χ0) is 12.1. The molecule has 0 aliphatic carbocycles. The molecule has 90 valence electrons. The Bertz CT molecular complexity index is 462. The quantitative estimate of drug-likeness (QED) is 0.857. The molecular weight excluding hydrogens is 217 g/mol. The Morgan fingerprint density at radius 1 is 1.24 bits per heavy atom. The minimum atomic E-state index is -0.206. The van der Waals surface area contributed by atoms with Crippen molar-refractivity contribution in [3.05, 3.63) is 53.6 Å². The summed E-state index contributed by atoms with van der Waals surface area (Å²) in [5.41, 5.74) is 2.21. The summed E-state index contributed by atoms with van der Waals surface area (Å²) in [4.78, 5) is 0. The molecule has 2 aromatic rings. The molecule has 0 bridgehead atoms. The van der Waals surface area contributed by atoms with Crippen LogP contribution in [-0.2, 0) is 13.1 Å². The molecule has 4 heteroatoms. The second kappa shape index (κ2) is 5.59. The lowest BCUT2D eigenvalue weighted by Gasteiger charge is -2.01. The summed E-state index contributed by atoms with van der Waals surface area (Å²) in [6, 6.07) is 6.50. The van der Waals surface area contributed by atoms with E-state index in [0.717, 1.165) is 24.2 Å². The van der Waals surface area contributed by atoms with Crippen molar-refractivity contribution in [2.75, 3.05) is 6.54 Å².